The molecule has 2 aromatic rings. The van der Waals surface area contributed by atoms with Gasteiger partial charge in [-0.25, -0.2) is 0 Å². The van der Waals surface area contributed by atoms with Crippen molar-refractivity contribution in [3.8, 4) is 11.5 Å². The first-order chi connectivity index (χ1) is 10.2. The van der Waals surface area contributed by atoms with Crippen molar-refractivity contribution >= 4 is 5.78 Å². The SMILES string of the molecule is CCn1ncc(OC)c1C(=O)CCOc1cccc(C)c1. The number of carbonyl (C=O) groups excluding carboxylic acids is 1. The van der Waals surface area contributed by atoms with E-state index in [2.05, 4.69) is 5.10 Å². The zero-order chi connectivity index (χ0) is 15.2. The van der Waals surface area contributed by atoms with E-state index in [1.54, 1.807) is 10.9 Å². The van der Waals surface area contributed by atoms with Gasteiger partial charge in [0.1, 0.15) is 11.4 Å². The van der Waals surface area contributed by atoms with Crippen LogP contribution < -0.4 is 9.47 Å². The van der Waals surface area contributed by atoms with Crippen LogP contribution in [0.2, 0.25) is 0 Å². The van der Waals surface area contributed by atoms with Gasteiger partial charge in [0.25, 0.3) is 0 Å². The number of nitrogens with zero attached hydrogens (tertiary/aromatic N) is 2. The van der Waals surface area contributed by atoms with Crippen molar-refractivity contribution in [1.29, 1.82) is 0 Å². The lowest BCUT2D eigenvalue weighted by Crippen LogP contribution is -2.13. The van der Waals surface area contributed by atoms with E-state index in [1.165, 1.54) is 7.11 Å². The molecule has 2 rings (SSSR count). The summed E-state index contributed by atoms with van der Waals surface area (Å²) in [6.45, 7) is 4.90. The van der Waals surface area contributed by atoms with Gasteiger partial charge >= 0.3 is 0 Å². The van der Waals surface area contributed by atoms with Crippen LogP contribution in [0.1, 0.15) is 29.4 Å². The van der Waals surface area contributed by atoms with Gasteiger partial charge in [-0.3, -0.25) is 9.48 Å². The smallest absolute Gasteiger partial charge is 0.188 e. The number of hydrogen-bond donors (Lipinski definition) is 0. The van der Waals surface area contributed by atoms with Gasteiger partial charge in [0, 0.05) is 13.0 Å². The number of benzene rings is 1. The van der Waals surface area contributed by atoms with Crippen molar-refractivity contribution in [2.24, 2.45) is 0 Å². The largest absolute Gasteiger partial charge is 0.493 e. The van der Waals surface area contributed by atoms with Crippen molar-refractivity contribution in [1.82, 2.24) is 9.78 Å². The molecule has 0 saturated heterocycles. The maximum Gasteiger partial charge on any atom is 0.188 e. The molecule has 0 bridgehead atoms. The third-order valence-corrected chi connectivity index (χ3v) is 3.18. The quantitative estimate of drug-likeness (QED) is 0.735. The summed E-state index contributed by atoms with van der Waals surface area (Å²) in [6.07, 6.45) is 1.86. The normalized spacial score (nSPS) is 10.4. The molecule has 0 aliphatic rings. The fourth-order valence-corrected chi connectivity index (χ4v) is 2.12. The summed E-state index contributed by atoms with van der Waals surface area (Å²) in [4.78, 5) is 12.3. The number of ketones is 1. The van der Waals surface area contributed by atoms with E-state index in [4.69, 9.17) is 9.47 Å². The first kappa shape index (κ1) is 15.1. The lowest BCUT2D eigenvalue weighted by molar-refractivity contribution is 0.0948. The average Bonchev–Trinajstić information content (AvgIpc) is 2.90. The van der Waals surface area contributed by atoms with Crippen molar-refractivity contribution in [3.05, 3.63) is 41.7 Å². The number of aryl methyl sites for hydroxylation is 2. The van der Waals surface area contributed by atoms with Crippen LogP contribution in [0, 0.1) is 6.92 Å². The zero-order valence-corrected chi connectivity index (χ0v) is 12.6. The Morgan fingerprint density at radius 2 is 2.19 bits per heavy atom. The minimum absolute atomic E-state index is 0.0288. The highest BCUT2D eigenvalue weighted by atomic mass is 16.5. The summed E-state index contributed by atoms with van der Waals surface area (Å²) in [5.41, 5.74) is 1.64. The van der Waals surface area contributed by atoms with Crippen LogP contribution >= 0.6 is 0 Å². The standard InChI is InChI=1S/C16H20N2O3/c1-4-18-16(15(20-3)11-17-18)14(19)8-9-21-13-7-5-6-12(2)10-13/h5-7,10-11H,4,8-9H2,1-3H3. The molecule has 112 valence electrons. The van der Waals surface area contributed by atoms with Gasteiger partial charge in [0.15, 0.2) is 11.5 Å². The molecule has 0 amide bonds. The monoisotopic (exact) mass is 288 g/mol. The molecule has 0 atom stereocenters. The van der Waals surface area contributed by atoms with Crippen LogP contribution in [0.15, 0.2) is 30.5 Å². The number of ether oxygens (including phenoxy) is 2. The second-order valence-corrected chi connectivity index (χ2v) is 4.72. The molecule has 0 fully saturated rings. The summed E-state index contributed by atoms with van der Waals surface area (Å²) in [6, 6.07) is 7.76. The third-order valence-electron chi connectivity index (χ3n) is 3.18. The maximum atomic E-state index is 12.3. The van der Waals surface area contributed by atoms with E-state index in [-0.39, 0.29) is 12.2 Å². The molecule has 1 heterocycles. The number of hydrogen-bond acceptors (Lipinski definition) is 4. The third kappa shape index (κ3) is 3.62. The topological polar surface area (TPSA) is 53.4 Å². The predicted octanol–water partition coefficient (Wildman–Crippen LogP) is 2.87. The Morgan fingerprint density at radius 1 is 1.38 bits per heavy atom. The maximum absolute atomic E-state index is 12.3. The molecule has 1 aromatic heterocycles. The van der Waals surface area contributed by atoms with E-state index in [0.717, 1.165) is 11.3 Å². The van der Waals surface area contributed by atoms with Gasteiger partial charge in [0.2, 0.25) is 0 Å². The first-order valence-corrected chi connectivity index (χ1v) is 6.98. The van der Waals surface area contributed by atoms with Crippen LogP contribution in [0.3, 0.4) is 0 Å². The predicted molar refractivity (Wildman–Crippen MR) is 80.1 cm³/mol. The molecule has 0 aliphatic heterocycles. The fourth-order valence-electron chi connectivity index (χ4n) is 2.12. The molecular weight excluding hydrogens is 268 g/mol. The molecule has 5 nitrogen and oxygen atoms in total. The summed E-state index contributed by atoms with van der Waals surface area (Å²) in [5, 5.41) is 4.13. The lowest BCUT2D eigenvalue weighted by Gasteiger charge is -2.08. The number of carbonyl (C=O) groups is 1. The van der Waals surface area contributed by atoms with Crippen molar-refractivity contribution in [2.45, 2.75) is 26.8 Å². The molecule has 0 radical (unpaired) electrons. The van der Waals surface area contributed by atoms with Crippen LogP contribution in [-0.2, 0) is 6.54 Å². The summed E-state index contributed by atoms with van der Waals surface area (Å²) in [7, 11) is 1.54. The Balaban J connectivity index is 1.97. The number of aromatic nitrogens is 2. The molecule has 0 unspecified atom stereocenters. The molecule has 0 N–H and O–H groups in total. The Kier molecular flexibility index (Phi) is 4.98. The summed E-state index contributed by atoms with van der Waals surface area (Å²) in [5.74, 6) is 1.26. The second kappa shape index (κ2) is 6.92. The van der Waals surface area contributed by atoms with Crippen LogP contribution in [0.25, 0.3) is 0 Å². The highest BCUT2D eigenvalue weighted by molar-refractivity contribution is 5.97. The minimum atomic E-state index is -0.0288. The van der Waals surface area contributed by atoms with Gasteiger partial charge in [-0.15, -0.1) is 0 Å². The zero-order valence-electron chi connectivity index (χ0n) is 12.6. The molecule has 0 saturated carbocycles. The van der Waals surface area contributed by atoms with E-state index in [9.17, 15) is 4.79 Å². The Bertz CT molecular complexity index is 598. The number of methoxy groups -OCH3 is 1. The lowest BCUT2D eigenvalue weighted by atomic mass is 10.2. The van der Waals surface area contributed by atoms with Gasteiger partial charge in [0.05, 0.1) is 19.9 Å². The highest BCUT2D eigenvalue weighted by Crippen LogP contribution is 2.19. The summed E-state index contributed by atoms with van der Waals surface area (Å²) < 4.78 is 12.4. The van der Waals surface area contributed by atoms with Crippen LogP contribution in [0.5, 0.6) is 11.5 Å². The minimum Gasteiger partial charge on any atom is -0.493 e. The van der Waals surface area contributed by atoms with Gasteiger partial charge in [-0.05, 0) is 31.5 Å². The van der Waals surface area contributed by atoms with Crippen LogP contribution in [-0.4, -0.2) is 29.3 Å². The Labute approximate surface area is 124 Å². The average molecular weight is 288 g/mol. The van der Waals surface area contributed by atoms with Crippen molar-refractivity contribution in [2.75, 3.05) is 13.7 Å². The van der Waals surface area contributed by atoms with E-state index < -0.39 is 0 Å². The summed E-state index contributed by atoms with van der Waals surface area (Å²) >= 11 is 0. The van der Waals surface area contributed by atoms with Crippen molar-refractivity contribution in [3.63, 3.8) is 0 Å². The Hall–Kier alpha value is -2.30. The van der Waals surface area contributed by atoms with E-state index in [1.807, 2.05) is 38.1 Å². The first-order valence-electron chi connectivity index (χ1n) is 6.98. The fraction of sp³-hybridized carbons (Fsp3) is 0.375. The van der Waals surface area contributed by atoms with Crippen molar-refractivity contribution < 1.29 is 14.3 Å². The van der Waals surface area contributed by atoms with Gasteiger partial charge in [-0.1, -0.05) is 12.1 Å². The number of rotatable bonds is 7. The molecule has 5 heteroatoms. The molecule has 1 aromatic carbocycles. The van der Waals surface area contributed by atoms with Gasteiger partial charge in [-0.2, -0.15) is 5.10 Å². The second-order valence-electron chi connectivity index (χ2n) is 4.72. The van der Waals surface area contributed by atoms with Crippen LogP contribution in [0.4, 0.5) is 0 Å². The molecular formula is C16H20N2O3. The van der Waals surface area contributed by atoms with Gasteiger partial charge < -0.3 is 9.47 Å². The van der Waals surface area contributed by atoms with E-state index in [0.29, 0.717) is 24.6 Å². The molecule has 21 heavy (non-hydrogen) atoms. The highest BCUT2D eigenvalue weighted by Gasteiger charge is 2.18. The van der Waals surface area contributed by atoms with E-state index >= 15 is 0 Å². The molecule has 0 aliphatic carbocycles. The Morgan fingerprint density at radius 3 is 2.86 bits per heavy atom. The number of Topliss-reactive ketones (excluding diaryl/α,β-unsaturated/α-hetero) is 1. The molecule has 0 spiro atoms.